The minimum absolute atomic E-state index is 0.109. The average Bonchev–Trinajstić information content (AvgIpc) is 2.86. The highest BCUT2D eigenvalue weighted by Gasteiger charge is 2.10. The molecule has 0 unspecified atom stereocenters. The van der Waals surface area contributed by atoms with Crippen LogP contribution in [0.5, 0.6) is 0 Å². The van der Waals surface area contributed by atoms with Crippen molar-refractivity contribution in [3.63, 3.8) is 0 Å². The standard InChI is InChI=1S/C14H17N3OS/c1-3-11-8-15-17-13(11)16-14(18)12-6-4-5-10(7-12)9-19-2/h4-8H,3,9H2,1-2H3,(H2,15,16,17,18). The van der Waals surface area contributed by atoms with E-state index in [-0.39, 0.29) is 5.91 Å². The molecule has 0 fully saturated rings. The van der Waals surface area contributed by atoms with Gasteiger partial charge in [-0.25, -0.2) is 0 Å². The summed E-state index contributed by atoms with van der Waals surface area (Å²) in [6.07, 6.45) is 4.61. The summed E-state index contributed by atoms with van der Waals surface area (Å²) in [6, 6.07) is 7.68. The number of anilines is 1. The second kappa shape index (κ2) is 6.43. The second-order valence-corrected chi connectivity index (χ2v) is 5.08. The van der Waals surface area contributed by atoms with Crippen LogP contribution in [0.1, 0.15) is 28.4 Å². The number of aromatic nitrogens is 2. The van der Waals surface area contributed by atoms with Crippen LogP contribution in [-0.4, -0.2) is 22.4 Å². The lowest BCUT2D eigenvalue weighted by Crippen LogP contribution is -2.13. The van der Waals surface area contributed by atoms with E-state index in [1.807, 2.05) is 37.4 Å². The zero-order valence-corrected chi connectivity index (χ0v) is 11.9. The van der Waals surface area contributed by atoms with Crippen LogP contribution in [0.15, 0.2) is 30.5 Å². The molecular formula is C14H17N3OS. The lowest BCUT2D eigenvalue weighted by atomic mass is 10.1. The Morgan fingerprint density at radius 3 is 3.05 bits per heavy atom. The van der Waals surface area contributed by atoms with E-state index >= 15 is 0 Å². The van der Waals surface area contributed by atoms with Crippen LogP contribution in [0.4, 0.5) is 5.82 Å². The Bertz CT molecular complexity index is 565. The number of carbonyl (C=O) groups is 1. The van der Waals surface area contributed by atoms with E-state index in [0.29, 0.717) is 11.4 Å². The summed E-state index contributed by atoms with van der Waals surface area (Å²) < 4.78 is 0. The van der Waals surface area contributed by atoms with Gasteiger partial charge in [0, 0.05) is 16.9 Å². The number of amides is 1. The van der Waals surface area contributed by atoms with E-state index in [1.54, 1.807) is 18.0 Å². The first-order chi connectivity index (χ1) is 9.24. The molecule has 0 radical (unpaired) electrons. The molecular weight excluding hydrogens is 258 g/mol. The SMILES string of the molecule is CCc1cn[nH]c1NC(=O)c1cccc(CSC)c1. The van der Waals surface area contributed by atoms with E-state index in [2.05, 4.69) is 15.5 Å². The van der Waals surface area contributed by atoms with Crippen LogP contribution in [0.3, 0.4) is 0 Å². The number of nitrogens with zero attached hydrogens (tertiary/aromatic N) is 1. The van der Waals surface area contributed by atoms with Crippen molar-refractivity contribution in [2.75, 3.05) is 11.6 Å². The van der Waals surface area contributed by atoms with Gasteiger partial charge in [-0.1, -0.05) is 19.1 Å². The number of aryl methyl sites for hydroxylation is 1. The van der Waals surface area contributed by atoms with Crippen molar-refractivity contribution < 1.29 is 4.79 Å². The number of H-pyrrole nitrogens is 1. The quantitative estimate of drug-likeness (QED) is 0.881. The minimum Gasteiger partial charge on any atom is -0.307 e. The maximum Gasteiger partial charge on any atom is 0.256 e. The first-order valence-electron chi connectivity index (χ1n) is 6.16. The largest absolute Gasteiger partial charge is 0.307 e. The molecule has 0 bridgehead atoms. The molecule has 5 heteroatoms. The number of benzene rings is 1. The average molecular weight is 275 g/mol. The maximum atomic E-state index is 12.2. The Kier molecular flexibility index (Phi) is 4.63. The lowest BCUT2D eigenvalue weighted by Gasteiger charge is -2.06. The summed E-state index contributed by atoms with van der Waals surface area (Å²) in [4.78, 5) is 12.2. The van der Waals surface area contributed by atoms with Crippen LogP contribution in [0.25, 0.3) is 0 Å². The van der Waals surface area contributed by atoms with Crippen LogP contribution in [0.2, 0.25) is 0 Å². The number of nitrogens with one attached hydrogen (secondary N) is 2. The summed E-state index contributed by atoms with van der Waals surface area (Å²) in [7, 11) is 0. The van der Waals surface area contributed by atoms with Crippen molar-refractivity contribution in [2.45, 2.75) is 19.1 Å². The van der Waals surface area contributed by atoms with Crippen LogP contribution < -0.4 is 5.32 Å². The van der Waals surface area contributed by atoms with Crippen molar-refractivity contribution in [2.24, 2.45) is 0 Å². The molecule has 4 nitrogen and oxygen atoms in total. The van der Waals surface area contributed by atoms with Gasteiger partial charge in [-0.3, -0.25) is 9.89 Å². The normalized spacial score (nSPS) is 10.4. The predicted octanol–water partition coefficient (Wildman–Crippen LogP) is 3.09. The molecule has 1 amide bonds. The molecule has 0 spiro atoms. The van der Waals surface area contributed by atoms with Gasteiger partial charge in [0.1, 0.15) is 5.82 Å². The smallest absolute Gasteiger partial charge is 0.256 e. The summed E-state index contributed by atoms with van der Waals surface area (Å²) in [6.45, 7) is 2.03. The monoisotopic (exact) mass is 275 g/mol. The van der Waals surface area contributed by atoms with Gasteiger partial charge < -0.3 is 5.32 Å². The summed E-state index contributed by atoms with van der Waals surface area (Å²) in [5.41, 5.74) is 2.83. The summed E-state index contributed by atoms with van der Waals surface area (Å²) >= 11 is 1.74. The Morgan fingerprint density at radius 2 is 2.32 bits per heavy atom. The maximum absolute atomic E-state index is 12.2. The third kappa shape index (κ3) is 3.38. The highest BCUT2D eigenvalue weighted by atomic mass is 32.2. The first kappa shape index (κ1) is 13.7. The Labute approximate surface area is 117 Å². The molecule has 2 N–H and O–H groups in total. The van der Waals surface area contributed by atoms with Crippen LogP contribution >= 0.6 is 11.8 Å². The van der Waals surface area contributed by atoms with E-state index < -0.39 is 0 Å². The van der Waals surface area contributed by atoms with Gasteiger partial charge in [0.05, 0.1) is 6.20 Å². The lowest BCUT2D eigenvalue weighted by molar-refractivity contribution is 0.102. The number of carbonyl (C=O) groups excluding carboxylic acids is 1. The molecule has 2 rings (SSSR count). The fourth-order valence-corrected chi connectivity index (χ4v) is 2.35. The molecule has 0 saturated carbocycles. The number of aromatic amines is 1. The molecule has 0 aliphatic heterocycles. The molecule has 1 aromatic carbocycles. The zero-order chi connectivity index (χ0) is 13.7. The van der Waals surface area contributed by atoms with Crippen molar-refractivity contribution in [1.29, 1.82) is 0 Å². The molecule has 1 aromatic heterocycles. The molecule has 0 atom stereocenters. The van der Waals surface area contributed by atoms with Crippen molar-refractivity contribution in [3.05, 3.63) is 47.2 Å². The van der Waals surface area contributed by atoms with Gasteiger partial charge in [0.25, 0.3) is 5.91 Å². The van der Waals surface area contributed by atoms with Crippen molar-refractivity contribution >= 4 is 23.5 Å². The van der Waals surface area contributed by atoms with Gasteiger partial charge in [0.15, 0.2) is 0 Å². The molecule has 19 heavy (non-hydrogen) atoms. The first-order valence-corrected chi connectivity index (χ1v) is 7.55. The highest BCUT2D eigenvalue weighted by molar-refractivity contribution is 7.97. The van der Waals surface area contributed by atoms with Crippen molar-refractivity contribution in [3.8, 4) is 0 Å². The molecule has 100 valence electrons. The topological polar surface area (TPSA) is 57.8 Å². The minimum atomic E-state index is -0.109. The fraction of sp³-hybridized carbons (Fsp3) is 0.286. The highest BCUT2D eigenvalue weighted by Crippen LogP contribution is 2.15. The molecule has 0 aliphatic carbocycles. The van der Waals surface area contributed by atoms with Crippen molar-refractivity contribution in [1.82, 2.24) is 10.2 Å². The van der Waals surface area contributed by atoms with E-state index in [9.17, 15) is 4.79 Å². The Balaban J connectivity index is 2.13. The molecule has 0 aliphatic rings. The van der Waals surface area contributed by atoms with E-state index in [4.69, 9.17) is 0 Å². The third-order valence-electron chi connectivity index (χ3n) is 2.84. The van der Waals surface area contributed by atoms with Crippen LogP contribution in [0, 0.1) is 0 Å². The van der Waals surface area contributed by atoms with Gasteiger partial charge in [-0.05, 0) is 30.4 Å². The zero-order valence-electron chi connectivity index (χ0n) is 11.1. The Hall–Kier alpha value is -1.75. The van der Waals surface area contributed by atoms with Gasteiger partial charge in [0.2, 0.25) is 0 Å². The Morgan fingerprint density at radius 1 is 1.47 bits per heavy atom. The van der Waals surface area contributed by atoms with Gasteiger partial charge in [-0.2, -0.15) is 16.9 Å². The van der Waals surface area contributed by atoms with E-state index in [0.717, 1.165) is 23.3 Å². The number of hydrogen-bond acceptors (Lipinski definition) is 3. The predicted molar refractivity (Wildman–Crippen MR) is 79.6 cm³/mol. The molecule has 2 aromatic rings. The number of thioether (sulfide) groups is 1. The van der Waals surface area contributed by atoms with Gasteiger partial charge in [-0.15, -0.1) is 0 Å². The number of hydrogen-bond donors (Lipinski definition) is 2. The third-order valence-corrected chi connectivity index (χ3v) is 3.46. The second-order valence-electron chi connectivity index (χ2n) is 4.21. The number of rotatable bonds is 5. The van der Waals surface area contributed by atoms with Gasteiger partial charge >= 0.3 is 0 Å². The summed E-state index contributed by atoms with van der Waals surface area (Å²) in [5, 5.41) is 9.62. The van der Waals surface area contributed by atoms with Crippen LogP contribution in [-0.2, 0) is 12.2 Å². The fourth-order valence-electron chi connectivity index (χ4n) is 1.84. The summed E-state index contributed by atoms with van der Waals surface area (Å²) in [5.74, 6) is 1.48. The molecule has 0 saturated heterocycles. The van der Waals surface area contributed by atoms with E-state index in [1.165, 1.54) is 0 Å². The molecule has 1 heterocycles.